The fraction of sp³-hybridized carbons (Fsp3) is 0.179. The molecule has 9 nitrogen and oxygen atoms in total. The summed E-state index contributed by atoms with van der Waals surface area (Å²) in [7, 11) is 4.90. The lowest BCUT2D eigenvalue weighted by atomic mass is 10.0. The van der Waals surface area contributed by atoms with Crippen LogP contribution in [0, 0.1) is 0 Å². The summed E-state index contributed by atoms with van der Waals surface area (Å²) in [6.45, 7) is -0.251. The molecule has 3 aromatic carbocycles. The van der Waals surface area contributed by atoms with Gasteiger partial charge in [-0.1, -0.05) is 24.3 Å². The van der Waals surface area contributed by atoms with E-state index in [9.17, 15) is 14.4 Å². The first-order valence-corrected chi connectivity index (χ1v) is 11.8. The SMILES string of the molecule is COc1ccc2c(c1OC)C(=O)N1c3ccccc3C(=O)N(CC(=O)Nc3cccc4c3ccn4C)C21. The molecule has 1 aromatic heterocycles. The van der Waals surface area contributed by atoms with Gasteiger partial charge < -0.3 is 24.3 Å². The van der Waals surface area contributed by atoms with Gasteiger partial charge in [0.1, 0.15) is 12.7 Å². The summed E-state index contributed by atoms with van der Waals surface area (Å²) >= 11 is 0. The minimum atomic E-state index is -0.803. The van der Waals surface area contributed by atoms with Crippen molar-refractivity contribution in [1.82, 2.24) is 9.47 Å². The molecule has 1 N–H and O–H groups in total. The Hall–Kier alpha value is -4.79. The molecular formula is C28H24N4O5. The Balaban J connectivity index is 1.42. The second-order valence-corrected chi connectivity index (χ2v) is 8.98. The van der Waals surface area contributed by atoms with Gasteiger partial charge in [-0.05, 0) is 36.4 Å². The van der Waals surface area contributed by atoms with E-state index >= 15 is 0 Å². The van der Waals surface area contributed by atoms with Crippen LogP contribution in [-0.2, 0) is 11.8 Å². The van der Waals surface area contributed by atoms with Crippen molar-refractivity contribution in [2.45, 2.75) is 6.17 Å². The van der Waals surface area contributed by atoms with Crippen LogP contribution in [0.3, 0.4) is 0 Å². The molecule has 186 valence electrons. The Kier molecular flexibility index (Phi) is 5.15. The maximum Gasteiger partial charge on any atom is 0.264 e. The highest BCUT2D eigenvalue weighted by atomic mass is 16.5. The number of hydrogen-bond donors (Lipinski definition) is 1. The lowest BCUT2D eigenvalue weighted by Crippen LogP contribution is -2.50. The number of fused-ring (bicyclic) bond motifs is 6. The normalized spacial score (nSPS) is 15.9. The molecule has 0 aliphatic carbocycles. The van der Waals surface area contributed by atoms with Gasteiger partial charge in [0.2, 0.25) is 5.91 Å². The van der Waals surface area contributed by atoms with Gasteiger partial charge in [0.25, 0.3) is 11.8 Å². The second-order valence-electron chi connectivity index (χ2n) is 8.98. The van der Waals surface area contributed by atoms with Crippen molar-refractivity contribution in [2.75, 3.05) is 31.0 Å². The molecule has 0 saturated heterocycles. The quantitative estimate of drug-likeness (QED) is 0.452. The molecule has 2 aliphatic rings. The average Bonchev–Trinajstić information content (AvgIpc) is 3.44. The summed E-state index contributed by atoms with van der Waals surface area (Å²) in [4.78, 5) is 43.8. The van der Waals surface area contributed by atoms with Crippen LogP contribution >= 0.6 is 0 Å². The molecule has 0 fully saturated rings. The number of benzene rings is 3. The van der Waals surface area contributed by atoms with E-state index in [0.29, 0.717) is 39.6 Å². The molecule has 0 radical (unpaired) electrons. The van der Waals surface area contributed by atoms with Crippen molar-refractivity contribution in [3.05, 3.63) is 83.6 Å². The van der Waals surface area contributed by atoms with E-state index in [2.05, 4.69) is 5.32 Å². The summed E-state index contributed by atoms with van der Waals surface area (Å²) in [5.74, 6) is -0.320. The number of methoxy groups -OCH3 is 2. The molecule has 4 aromatic rings. The number of amides is 3. The number of para-hydroxylation sites is 1. The molecule has 3 heterocycles. The molecule has 37 heavy (non-hydrogen) atoms. The molecule has 1 unspecified atom stereocenters. The number of carbonyl (C=O) groups excluding carboxylic acids is 3. The van der Waals surface area contributed by atoms with E-state index in [0.717, 1.165) is 10.9 Å². The van der Waals surface area contributed by atoms with E-state index in [4.69, 9.17) is 9.47 Å². The van der Waals surface area contributed by atoms with E-state index in [1.165, 1.54) is 19.1 Å². The van der Waals surface area contributed by atoms with Crippen LogP contribution in [0.4, 0.5) is 11.4 Å². The summed E-state index contributed by atoms with van der Waals surface area (Å²) in [5, 5.41) is 3.85. The fourth-order valence-electron chi connectivity index (χ4n) is 5.34. The van der Waals surface area contributed by atoms with Gasteiger partial charge in [-0.3, -0.25) is 19.3 Å². The first-order chi connectivity index (χ1) is 17.9. The lowest BCUT2D eigenvalue weighted by Gasteiger charge is -2.40. The van der Waals surface area contributed by atoms with Crippen LogP contribution < -0.4 is 19.7 Å². The minimum absolute atomic E-state index is 0.251. The smallest absolute Gasteiger partial charge is 0.264 e. The maximum absolute atomic E-state index is 13.8. The van der Waals surface area contributed by atoms with Crippen molar-refractivity contribution in [2.24, 2.45) is 7.05 Å². The van der Waals surface area contributed by atoms with Gasteiger partial charge in [-0.25, -0.2) is 0 Å². The van der Waals surface area contributed by atoms with Crippen molar-refractivity contribution < 1.29 is 23.9 Å². The topological polar surface area (TPSA) is 93.1 Å². The van der Waals surface area contributed by atoms with Gasteiger partial charge in [0, 0.05) is 29.7 Å². The van der Waals surface area contributed by atoms with Crippen LogP contribution in [0.5, 0.6) is 11.5 Å². The van der Waals surface area contributed by atoms with Gasteiger partial charge in [-0.15, -0.1) is 0 Å². The number of ether oxygens (including phenoxy) is 2. The summed E-state index contributed by atoms with van der Waals surface area (Å²) in [6, 6.07) is 18.0. The Bertz CT molecular complexity index is 1610. The maximum atomic E-state index is 13.8. The minimum Gasteiger partial charge on any atom is -0.493 e. The summed E-state index contributed by atoms with van der Waals surface area (Å²) in [5.41, 5.74) is 3.36. The number of aryl methyl sites for hydroxylation is 1. The highest BCUT2D eigenvalue weighted by Crippen LogP contribution is 2.49. The Morgan fingerprint density at radius 1 is 0.946 bits per heavy atom. The molecule has 0 saturated carbocycles. The van der Waals surface area contributed by atoms with Crippen LogP contribution in [0.15, 0.2) is 66.9 Å². The zero-order valence-corrected chi connectivity index (χ0v) is 20.5. The molecule has 2 aliphatic heterocycles. The molecular weight excluding hydrogens is 472 g/mol. The van der Waals surface area contributed by atoms with Crippen molar-refractivity contribution >= 4 is 40.0 Å². The number of anilines is 2. The number of nitrogens with one attached hydrogen (secondary N) is 1. The highest BCUT2D eigenvalue weighted by Gasteiger charge is 2.50. The molecule has 0 spiro atoms. The van der Waals surface area contributed by atoms with E-state index in [-0.39, 0.29) is 24.3 Å². The predicted molar refractivity (Wildman–Crippen MR) is 138 cm³/mol. The molecule has 9 heteroatoms. The Labute approximate surface area is 212 Å². The van der Waals surface area contributed by atoms with Gasteiger partial charge in [-0.2, -0.15) is 0 Å². The largest absolute Gasteiger partial charge is 0.493 e. The van der Waals surface area contributed by atoms with E-state index < -0.39 is 6.17 Å². The van der Waals surface area contributed by atoms with E-state index in [1.54, 1.807) is 41.3 Å². The van der Waals surface area contributed by atoms with Gasteiger partial charge in [0.15, 0.2) is 11.5 Å². The number of rotatable bonds is 5. The lowest BCUT2D eigenvalue weighted by molar-refractivity contribution is -0.117. The zero-order valence-electron chi connectivity index (χ0n) is 20.5. The Morgan fingerprint density at radius 3 is 2.54 bits per heavy atom. The fourth-order valence-corrected chi connectivity index (χ4v) is 5.34. The number of hydrogen-bond acceptors (Lipinski definition) is 5. The van der Waals surface area contributed by atoms with Gasteiger partial charge in [0.05, 0.1) is 36.7 Å². The van der Waals surface area contributed by atoms with E-state index in [1.807, 2.05) is 42.1 Å². The summed E-state index contributed by atoms with van der Waals surface area (Å²) in [6.07, 6.45) is 1.12. The highest BCUT2D eigenvalue weighted by molar-refractivity contribution is 6.18. The molecule has 3 amide bonds. The van der Waals surface area contributed by atoms with Crippen LogP contribution in [-0.4, -0.2) is 48.0 Å². The molecule has 1 atom stereocenters. The third kappa shape index (κ3) is 3.27. The molecule has 6 rings (SSSR count). The van der Waals surface area contributed by atoms with Crippen LogP contribution in [0.2, 0.25) is 0 Å². The Morgan fingerprint density at radius 2 is 1.76 bits per heavy atom. The van der Waals surface area contributed by atoms with Crippen molar-refractivity contribution in [1.29, 1.82) is 0 Å². The predicted octanol–water partition coefficient (Wildman–Crippen LogP) is 3.95. The summed E-state index contributed by atoms with van der Waals surface area (Å²) < 4.78 is 12.9. The third-order valence-electron chi connectivity index (χ3n) is 7.00. The zero-order chi connectivity index (χ0) is 25.8. The first-order valence-electron chi connectivity index (χ1n) is 11.8. The number of nitrogens with zero attached hydrogens (tertiary/aromatic N) is 3. The van der Waals surface area contributed by atoms with Crippen LogP contribution in [0.1, 0.15) is 32.4 Å². The third-order valence-corrected chi connectivity index (χ3v) is 7.00. The monoisotopic (exact) mass is 496 g/mol. The average molecular weight is 497 g/mol. The number of carbonyl (C=O) groups is 3. The standard InChI is InChI=1S/C28H24N4O5/c1-30-14-13-16-19(8-6-10-20(16)30)29-23(33)15-31-26-18-11-12-22(36-2)25(37-3)24(18)28(35)32(26)21-9-5-4-7-17(21)27(31)34/h4-14,26H,15H2,1-3H3,(H,29,33). The van der Waals surface area contributed by atoms with Crippen molar-refractivity contribution in [3.8, 4) is 11.5 Å². The molecule has 0 bridgehead atoms. The second kappa shape index (κ2) is 8.41. The first kappa shape index (κ1) is 22.7. The van der Waals surface area contributed by atoms with Crippen LogP contribution in [0.25, 0.3) is 10.9 Å². The van der Waals surface area contributed by atoms with Gasteiger partial charge >= 0.3 is 0 Å². The number of aromatic nitrogens is 1. The van der Waals surface area contributed by atoms with Crippen molar-refractivity contribution in [3.63, 3.8) is 0 Å².